The van der Waals surface area contributed by atoms with E-state index in [2.05, 4.69) is 0 Å². The van der Waals surface area contributed by atoms with Gasteiger partial charge in [0.05, 0.1) is 5.56 Å². The van der Waals surface area contributed by atoms with E-state index in [0.29, 0.717) is 6.42 Å². The first-order chi connectivity index (χ1) is 7.63. The zero-order valence-electron chi connectivity index (χ0n) is 9.10. The fraction of sp³-hybridized carbons (Fsp3) is 0.333. The Morgan fingerprint density at radius 1 is 1.38 bits per heavy atom. The smallest absolute Gasteiger partial charge is 0.335 e. The molecule has 0 fully saturated rings. The van der Waals surface area contributed by atoms with Crippen molar-refractivity contribution in [1.82, 2.24) is 0 Å². The van der Waals surface area contributed by atoms with E-state index in [0.717, 1.165) is 12.8 Å². The standard InChI is InChI=1S/C12H14O4/c1-2-3-7-11(13)16-10-6-4-5-9(8-10)12(14)15/h4-6,8H,2-3,7H2,1H3,(H,14,15). The van der Waals surface area contributed by atoms with Crippen molar-refractivity contribution in [1.29, 1.82) is 0 Å². The number of unbranched alkanes of at least 4 members (excludes halogenated alkanes) is 1. The van der Waals surface area contributed by atoms with Crippen LogP contribution in [0.15, 0.2) is 24.3 Å². The number of carbonyl (C=O) groups excluding carboxylic acids is 1. The van der Waals surface area contributed by atoms with Crippen LogP contribution >= 0.6 is 0 Å². The molecular formula is C12H14O4. The van der Waals surface area contributed by atoms with Gasteiger partial charge in [-0.3, -0.25) is 4.79 Å². The van der Waals surface area contributed by atoms with Gasteiger partial charge in [0.25, 0.3) is 0 Å². The molecule has 0 bridgehead atoms. The molecule has 1 aromatic carbocycles. The Kier molecular flexibility index (Phi) is 4.51. The Morgan fingerprint density at radius 2 is 2.12 bits per heavy atom. The molecule has 0 amide bonds. The van der Waals surface area contributed by atoms with Crippen LogP contribution in [-0.4, -0.2) is 17.0 Å². The molecule has 0 radical (unpaired) electrons. The first kappa shape index (κ1) is 12.2. The van der Waals surface area contributed by atoms with Crippen molar-refractivity contribution in [3.05, 3.63) is 29.8 Å². The molecule has 0 saturated carbocycles. The van der Waals surface area contributed by atoms with Gasteiger partial charge in [0.2, 0.25) is 0 Å². The van der Waals surface area contributed by atoms with Gasteiger partial charge < -0.3 is 9.84 Å². The highest BCUT2D eigenvalue weighted by molar-refractivity contribution is 5.88. The largest absolute Gasteiger partial charge is 0.478 e. The minimum Gasteiger partial charge on any atom is -0.478 e. The van der Waals surface area contributed by atoms with Crippen molar-refractivity contribution >= 4 is 11.9 Å². The third-order valence-corrected chi connectivity index (χ3v) is 2.05. The molecule has 0 aliphatic carbocycles. The first-order valence-corrected chi connectivity index (χ1v) is 5.17. The second-order valence-corrected chi connectivity index (χ2v) is 3.41. The van der Waals surface area contributed by atoms with Crippen molar-refractivity contribution in [3.8, 4) is 5.75 Å². The number of carboxylic acids is 1. The number of rotatable bonds is 5. The molecule has 0 saturated heterocycles. The second-order valence-electron chi connectivity index (χ2n) is 3.41. The number of aromatic carboxylic acids is 1. The number of benzene rings is 1. The van der Waals surface area contributed by atoms with Crippen molar-refractivity contribution in [2.24, 2.45) is 0 Å². The van der Waals surface area contributed by atoms with E-state index in [4.69, 9.17) is 9.84 Å². The van der Waals surface area contributed by atoms with Gasteiger partial charge in [-0.05, 0) is 24.6 Å². The van der Waals surface area contributed by atoms with Crippen molar-refractivity contribution in [2.45, 2.75) is 26.2 Å². The van der Waals surface area contributed by atoms with Crippen LogP contribution in [0.5, 0.6) is 5.75 Å². The summed E-state index contributed by atoms with van der Waals surface area (Å²) in [5.41, 5.74) is 0.112. The molecule has 86 valence electrons. The summed E-state index contributed by atoms with van der Waals surface area (Å²) in [5, 5.41) is 8.74. The molecule has 0 heterocycles. The van der Waals surface area contributed by atoms with Crippen molar-refractivity contribution < 1.29 is 19.4 Å². The third-order valence-electron chi connectivity index (χ3n) is 2.05. The fourth-order valence-corrected chi connectivity index (χ4v) is 1.20. The van der Waals surface area contributed by atoms with Gasteiger partial charge in [-0.15, -0.1) is 0 Å². The van der Waals surface area contributed by atoms with E-state index >= 15 is 0 Å². The Labute approximate surface area is 93.9 Å². The highest BCUT2D eigenvalue weighted by Gasteiger charge is 2.07. The van der Waals surface area contributed by atoms with Gasteiger partial charge in [-0.25, -0.2) is 4.79 Å². The molecule has 0 aromatic heterocycles. The van der Waals surface area contributed by atoms with Gasteiger partial charge in [-0.2, -0.15) is 0 Å². The molecule has 1 aromatic rings. The molecule has 0 spiro atoms. The van der Waals surface area contributed by atoms with E-state index in [1.54, 1.807) is 12.1 Å². The van der Waals surface area contributed by atoms with Gasteiger partial charge in [0.15, 0.2) is 0 Å². The molecule has 16 heavy (non-hydrogen) atoms. The number of hydrogen-bond donors (Lipinski definition) is 1. The summed E-state index contributed by atoms with van der Waals surface area (Å²) in [7, 11) is 0. The predicted molar refractivity (Wildman–Crippen MR) is 58.6 cm³/mol. The summed E-state index contributed by atoms with van der Waals surface area (Å²) >= 11 is 0. The average Bonchev–Trinajstić information content (AvgIpc) is 2.26. The third kappa shape index (κ3) is 3.73. The SMILES string of the molecule is CCCCC(=O)Oc1cccc(C(=O)O)c1. The molecule has 4 heteroatoms. The lowest BCUT2D eigenvalue weighted by molar-refractivity contribution is -0.134. The zero-order chi connectivity index (χ0) is 12.0. The van der Waals surface area contributed by atoms with Crippen LogP contribution in [0.2, 0.25) is 0 Å². The van der Waals surface area contributed by atoms with Gasteiger partial charge in [0.1, 0.15) is 5.75 Å². The van der Waals surface area contributed by atoms with Crippen LogP contribution in [0.25, 0.3) is 0 Å². The Morgan fingerprint density at radius 3 is 2.75 bits per heavy atom. The second kappa shape index (κ2) is 5.90. The van der Waals surface area contributed by atoms with Crippen LogP contribution in [0.3, 0.4) is 0 Å². The summed E-state index contributed by atoms with van der Waals surface area (Å²) in [5.74, 6) is -1.09. The van der Waals surface area contributed by atoms with Crippen molar-refractivity contribution in [3.63, 3.8) is 0 Å². The molecule has 0 atom stereocenters. The molecule has 4 nitrogen and oxygen atoms in total. The highest BCUT2D eigenvalue weighted by Crippen LogP contribution is 2.14. The highest BCUT2D eigenvalue weighted by atomic mass is 16.5. The van der Waals surface area contributed by atoms with Crippen LogP contribution in [0, 0.1) is 0 Å². The van der Waals surface area contributed by atoms with E-state index in [1.807, 2.05) is 6.92 Å². The topological polar surface area (TPSA) is 63.6 Å². The minimum atomic E-state index is -1.04. The molecular weight excluding hydrogens is 208 g/mol. The quantitative estimate of drug-likeness (QED) is 0.614. The molecule has 0 aliphatic rings. The van der Waals surface area contributed by atoms with Gasteiger partial charge in [-0.1, -0.05) is 19.4 Å². The summed E-state index contributed by atoms with van der Waals surface area (Å²) < 4.78 is 5.00. The van der Waals surface area contributed by atoms with Crippen molar-refractivity contribution in [2.75, 3.05) is 0 Å². The lowest BCUT2D eigenvalue weighted by atomic mass is 10.2. The summed E-state index contributed by atoms with van der Waals surface area (Å²) in [6.45, 7) is 1.98. The Hall–Kier alpha value is -1.84. The zero-order valence-corrected chi connectivity index (χ0v) is 9.10. The number of hydrogen-bond acceptors (Lipinski definition) is 3. The number of carbonyl (C=O) groups is 2. The molecule has 0 aliphatic heterocycles. The van der Waals surface area contributed by atoms with E-state index in [1.165, 1.54) is 12.1 Å². The minimum absolute atomic E-state index is 0.112. The molecule has 1 rings (SSSR count). The van der Waals surface area contributed by atoms with Crippen LogP contribution in [-0.2, 0) is 4.79 Å². The van der Waals surface area contributed by atoms with E-state index in [-0.39, 0.29) is 17.3 Å². The van der Waals surface area contributed by atoms with E-state index in [9.17, 15) is 9.59 Å². The fourth-order valence-electron chi connectivity index (χ4n) is 1.20. The maximum absolute atomic E-state index is 11.3. The van der Waals surface area contributed by atoms with Crippen LogP contribution in [0.1, 0.15) is 36.5 Å². The summed E-state index contributed by atoms with van der Waals surface area (Å²) in [4.78, 5) is 22.0. The lowest BCUT2D eigenvalue weighted by Gasteiger charge is -2.04. The maximum Gasteiger partial charge on any atom is 0.335 e. The lowest BCUT2D eigenvalue weighted by Crippen LogP contribution is -2.08. The van der Waals surface area contributed by atoms with E-state index < -0.39 is 5.97 Å². The number of ether oxygens (including phenoxy) is 1. The number of esters is 1. The van der Waals surface area contributed by atoms with Gasteiger partial charge in [0, 0.05) is 6.42 Å². The maximum atomic E-state index is 11.3. The van der Waals surface area contributed by atoms with Crippen LogP contribution in [0.4, 0.5) is 0 Å². The predicted octanol–water partition coefficient (Wildman–Crippen LogP) is 2.48. The normalized spacial score (nSPS) is 9.81. The summed E-state index contributed by atoms with van der Waals surface area (Å²) in [6, 6.07) is 5.90. The first-order valence-electron chi connectivity index (χ1n) is 5.17. The molecule has 0 unspecified atom stereocenters. The van der Waals surface area contributed by atoms with Crippen LogP contribution < -0.4 is 4.74 Å². The Bertz CT molecular complexity index is 384. The monoisotopic (exact) mass is 222 g/mol. The average molecular weight is 222 g/mol. The Balaban J connectivity index is 2.63. The number of carboxylic acid groups (broad SMARTS) is 1. The molecule has 1 N–H and O–H groups in total. The van der Waals surface area contributed by atoms with Gasteiger partial charge >= 0.3 is 11.9 Å². The summed E-state index contributed by atoms with van der Waals surface area (Å²) in [6.07, 6.45) is 2.05.